The third-order valence-corrected chi connectivity index (χ3v) is 4.65. The lowest BCUT2D eigenvalue weighted by Crippen LogP contribution is -2.36. The van der Waals surface area contributed by atoms with Gasteiger partial charge in [-0.3, -0.25) is 14.5 Å². The molecule has 3 amide bonds. The lowest BCUT2D eigenvalue weighted by molar-refractivity contribution is -0.127. The SMILES string of the molecule is CCOc1ccc(C(=O)CN2C(=O)N[C@H](CCS(C)(=O)=O)C2=O)cc1. The molecule has 1 aliphatic rings. The van der Waals surface area contributed by atoms with Gasteiger partial charge in [0.15, 0.2) is 5.78 Å². The Hall–Kier alpha value is -2.42. The molecule has 8 nitrogen and oxygen atoms in total. The molecule has 1 saturated heterocycles. The molecule has 0 unspecified atom stereocenters. The van der Waals surface area contributed by atoms with Crippen LogP contribution in [0.25, 0.3) is 0 Å². The molecule has 1 heterocycles. The Kier molecular flexibility index (Phi) is 5.78. The highest BCUT2D eigenvalue weighted by atomic mass is 32.2. The average molecular weight is 368 g/mol. The number of urea groups is 1. The van der Waals surface area contributed by atoms with Gasteiger partial charge in [0.2, 0.25) is 0 Å². The molecule has 25 heavy (non-hydrogen) atoms. The van der Waals surface area contributed by atoms with Crippen molar-refractivity contribution in [2.24, 2.45) is 0 Å². The van der Waals surface area contributed by atoms with Crippen LogP contribution < -0.4 is 10.1 Å². The predicted molar refractivity (Wildman–Crippen MR) is 90.3 cm³/mol. The largest absolute Gasteiger partial charge is 0.494 e. The number of sulfone groups is 1. The van der Waals surface area contributed by atoms with E-state index in [0.717, 1.165) is 11.2 Å². The van der Waals surface area contributed by atoms with Crippen molar-refractivity contribution in [1.82, 2.24) is 10.2 Å². The van der Waals surface area contributed by atoms with Gasteiger partial charge in [0.05, 0.1) is 18.9 Å². The van der Waals surface area contributed by atoms with Gasteiger partial charge >= 0.3 is 6.03 Å². The number of imide groups is 1. The summed E-state index contributed by atoms with van der Waals surface area (Å²) in [6, 6.07) is 4.78. The summed E-state index contributed by atoms with van der Waals surface area (Å²) < 4.78 is 27.7. The summed E-state index contributed by atoms with van der Waals surface area (Å²) in [7, 11) is -3.25. The third kappa shape index (κ3) is 5.02. The zero-order chi connectivity index (χ0) is 18.6. The molecule has 0 radical (unpaired) electrons. The maximum Gasteiger partial charge on any atom is 0.325 e. The quantitative estimate of drug-likeness (QED) is 0.532. The van der Waals surface area contributed by atoms with Crippen LogP contribution in [0.3, 0.4) is 0 Å². The molecule has 1 N–H and O–H groups in total. The fourth-order valence-corrected chi connectivity index (χ4v) is 3.06. The number of hydrogen-bond donors (Lipinski definition) is 1. The maximum atomic E-state index is 12.3. The van der Waals surface area contributed by atoms with Gasteiger partial charge in [-0.15, -0.1) is 0 Å². The van der Waals surface area contributed by atoms with E-state index in [1.807, 2.05) is 6.92 Å². The highest BCUT2D eigenvalue weighted by Gasteiger charge is 2.39. The minimum absolute atomic E-state index is 0.0167. The van der Waals surface area contributed by atoms with Crippen LogP contribution in [0.15, 0.2) is 24.3 Å². The number of ketones is 1. The Morgan fingerprint density at radius 2 is 1.88 bits per heavy atom. The molecule has 9 heteroatoms. The number of amides is 3. The highest BCUT2D eigenvalue weighted by molar-refractivity contribution is 7.90. The van der Waals surface area contributed by atoms with Crippen LogP contribution >= 0.6 is 0 Å². The van der Waals surface area contributed by atoms with E-state index in [-0.39, 0.29) is 12.2 Å². The molecular weight excluding hydrogens is 348 g/mol. The van der Waals surface area contributed by atoms with Crippen LogP contribution in [0.2, 0.25) is 0 Å². The second kappa shape index (κ2) is 7.64. The van der Waals surface area contributed by atoms with E-state index >= 15 is 0 Å². The summed E-state index contributed by atoms with van der Waals surface area (Å²) in [4.78, 5) is 37.2. The number of rotatable bonds is 8. The van der Waals surface area contributed by atoms with Gasteiger partial charge in [-0.1, -0.05) is 0 Å². The Morgan fingerprint density at radius 1 is 1.24 bits per heavy atom. The molecule has 0 bridgehead atoms. The van der Waals surface area contributed by atoms with Crippen molar-refractivity contribution >= 4 is 27.6 Å². The summed E-state index contributed by atoms with van der Waals surface area (Å²) in [5, 5.41) is 2.41. The Morgan fingerprint density at radius 3 is 2.44 bits per heavy atom. The van der Waals surface area contributed by atoms with Gasteiger partial charge in [-0.25, -0.2) is 13.2 Å². The number of Topliss-reactive ketones (excluding diaryl/α,β-unsaturated/α-hetero) is 1. The van der Waals surface area contributed by atoms with Crippen LogP contribution in [0.1, 0.15) is 23.7 Å². The van der Waals surface area contributed by atoms with Crippen molar-refractivity contribution in [1.29, 1.82) is 0 Å². The average Bonchev–Trinajstić information content (AvgIpc) is 2.81. The molecule has 136 valence electrons. The van der Waals surface area contributed by atoms with Crippen LogP contribution in [-0.4, -0.2) is 62.2 Å². The number of nitrogens with one attached hydrogen (secondary N) is 1. The number of benzene rings is 1. The zero-order valence-corrected chi connectivity index (χ0v) is 14.8. The smallest absolute Gasteiger partial charge is 0.325 e. The topological polar surface area (TPSA) is 110 Å². The second-order valence-corrected chi connectivity index (χ2v) is 7.99. The number of hydrogen-bond acceptors (Lipinski definition) is 6. The Bertz CT molecular complexity index is 772. The van der Waals surface area contributed by atoms with E-state index in [1.165, 1.54) is 0 Å². The predicted octanol–water partition coefficient (Wildman–Crippen LogP) is 0.623. The second-order valence-electron chi connectivity index (χ2n) is 5.73. The van der Waals surface area contributed by atoms with E-state index in [2.05, 4.69) is 5.32 Å². The standard InChI is InChI=1S/C16H20N2O6S/c1-3-24-12-6-4-11(5-7-12)14(19)10-18-15(20)13(17-16(18)21)8-9-25(2,22)23/h4-7,13H,3,8-10H2,1-2H3,(H,17,21)/t13-/m1/s1. The zero-order valence-electron chi connectivity index (χ0n) is 14.0. The monoisotopic (exact) mass is 368 g/mol. The number of ether oxygens (including phenoxy) is 1. The Balaban J connectivity index is 2.00. The molecule has 0 saturated carbocycles. The summed E-state index contributed by atoms with van der Waals surface area (Å²) in [6.07, 6.45) is 1.04. The van der Waals surface area contributed by atoms with Gasteiger partial charge in [0, 0.05) is 11.8 Å². The van der Waals surface area contributed by atoms with Crippen LogP contribution in [0, 0.1) is 0 Å². The summed E-state index contributed by atoms with van der Waals surface area (Å²) in [6.45, 7) is 1.95. The first-order chi connectivity index (χ1) is 11.7. The minimum atomic E-state index is -3.25. The van der Waals surface area contributed by atoms with Crippen LogP contribution in [0.5, 0.6) is 5.75 Å². The molecule has 2 rings (SSSR count). The normalized spacial score (nSPS) is 17.5. The van der Waals surface area contributed by atoms with E-state index in [1.54, 1.807) is 24.3 Å². The lowest BCUT2D eigenvalue weighted by atomic mass is 10.1. The van der Waals surface area contributed by atoms with Gasteiger partial charge < -0.3 is 10.1 Å². The fourth-order valence-electron chi connectivity index (χ4n) is 2.39. The van der Waals surface area contributed by atoms with Crippen molar-refractivity contribution in [2.45, 2.75) is 19.4 Å². The van der Waals surface area contributed by atoms with Crippen LogP contribution in [-0.2, 0) is 14.6 Å². The van der Waals surface area contributed by atoms with Crippen molar-refractivity contribution in [3.8, 4) is 5.75 Å². The molecule has 1 aliphatic heterocycles. The van der Waals surface area contributed by atoms with E-state index < -0.39 is 40.1 Å². The van der Waals surface area contributed by atoms with Gasteiger partial charge in [-0.05, 0) is 37.6 Å². The first kappa shape index (κ1) is 18.9. The number of carbonyl (C=O) groups is 3. The van der Waals surface area contributed by atoms with E-state index in [4.69, 9.17) is 4.74 Å². The highest BCUT2D eigenvalue weighted by Crippen LogP contribution is 2.15. The van der Waals surface area contributed by atoms with Crippen molar-refractivity contribution in [3.63, 3.8) is 0 Å². The fraction of sp³-hybridized carbons (Fsp3) is 0.438. The number of nitrogens with zero attached hydrogens (tertiary/aromatic N) is 1. The van der Waals surface area contributed by atoms with Crippen molar-refractivity contribution in [2.75, 3.05) is 25.2 Å². The molecule has 1 atom stereocenters. The van der Waals surface area contributed by atoms with Gasteiger partial charge in [0.25, 0.3) is 5.91 Å². The van der Waals surface area contributed by atoms with Gasteiger partial charge in [0.1, 0.15) is 21.6 Å². The Labute approximate surface area is 146 Å². The third-order valence-electron chi connectivity index (χ3n) is 3.67. The van der Waals surface area contributed by atoms with Crippen molar-refractivity contribution < 1.29 is 27.5 Å². The molecular formula is C16H20N2O6S. The summed E-state index contributed by atoms with van der Waals surface area (Å²) >= 11 is 0. The first-order valence-corrected chi connectivity index (χ1v) is 9.83. The molecule has 1 aromatic carbocycles. The lowest BCUT2D eigenvalue weighted by Gasteiger charge is -2.12. The molecule has 0 aromatic heterocycles. The van der Waals surface area contributed by atoms with Crippen molar-refractivity contribution in [3.05, 3.63) is 29.8 Å². The van der Waals surface area contributed by atoms with E-state index in [9.17, 15) is 22.8 Å². The molecule has 0 aliphatic carbocycles. The van der Waals surface area contributed by atoms with Crippen LogP contribution in [0.4, 0.5) is 4.79 Å². The maximum absolute atomic E-state index is 12.3. The molecule has 1 aromatic rings. The van der Waals surface area contributed by atoms with Gasteiger partial charge in [-0.2, -0.15) is 0 Å². The molecule has 0 spiro atoms. The summed E-state index contributed by atoms with van der Waals surface area (Å²) in [5.74, 6) is -0.581. The minimum Gasteiger partial charge on any atom is -0.494 e. The van der Waals surface area contributed by atoms with E-state index in [0.29, 0.717) is 17.9 Å². The first-order valence-electron chi connectivity index (χ1n) is 7.77. The summed E-state index contributed by atoms with van der Waals surface area (Å²) in [5.41, 5.74) is 0.351. The molecule has 1 fully saturated rings. The number of carbonyl (C=O) groups excluding carboxylic acids is 3.